The summed E-state index contributed by atoms with van der Waals surface area (Å²) < 4.78 is 37.9. The van der Waals surface area contributed by atoms with Gasteiger partial charge in [-0.1, -0.05) is 11.1 Å². The number of carbonyl (C=O) groups is 2. The highest BCUT2D eigenvalue weighted by Crippen LogP contribution is 2.44. The lowest BCUT2D eigenvalue weighted by Crippen LogP contribution is -2.26. The minimum absolute atomic E-state index is 0.0532. The molecule has 0 spiro atoms. The molecule has 0 heterocycles. The number of phenolic OH excluding ortho intramolecular Hbond substituents is 1. The first-order valence-electron chi connectivity index (χ1n) is 7.46. The van der Waals surface area contributed by atoms with E-state index in [1.165, 1.54) is 0 Å². The van der Waals surface area contributed by atoms with Crippen molar-refractivity contribution in [1.29, 1.82) is 0 Å². The smallest absolute Gasteiger partial charge is 0.334 e. The van der Waals surface area contributed by atoms with Crippen LogP contribution >= 0.6 is 0 Å². The molecule has 1 aromatic rings. The van der Waals surface area contributed by atoms with Crippen LogP contribution in [0, 0.1) is 11.6 Å². The summed E-state index contributed by atoms with van der Waals surface area (Å²) in [6.45, 7) is 3.32. The third-order valence-electron chi connectivity index (χ3n) is 4.22. The number of halogens is 2. The van der Waals surface area contributed by atoms with Gasteiger partial charge in [-0.3, -0.25) is 0 Å². The van der Waals surface area contributed by atoms with E-state index in [1.54, 1.807) is 13.8 Å². The molecule has 0 aromatic heterocycles. The van der Waals surface area contributed by atoms with Crippen molar-refractivity contribution >= 4 is 11.9 Å². The van der Waals surface area contributed by atoms with Crippen LogP contribution in [0.1, 0.15) is 31.7 Å². The van der Waals surface area contributed by atoms with Gasteiger partial charge in [0.05, 0.1) is 20.1 Å². The van der Waals surface area contributed by atoms with E-state index in [9.17, 15) is 23.5 Å². The molecule has 0 radical (unpaired) electrons. The fraction of sp³-hybridized carbons (Fsp3) is 0.333. The zero-order valence-electron chi connectivity index (χ0n) is 14.3. The second-order valence-electron chi connectivity index (χ2n) is 5.81. The van der Waals surface area contributed by atoms with Crippen molar-refractivity contribution in [3.63, 3.8) is 0 Å². The van der Waals surface area contributed by atoms with E-state index in [0.29, 0.717) is 23.6 Å². The van der Waals surface area contributed by atoms with Gasteiger partial charge in [-0.25, -0.2) is 18.4 Å². The standard InChI is InChI=1S/C18H18F2O5/c1-8-5-9(2)15(18(23)25-4)16(14(8)17(22)24-3)10-6-12(20)13(21)7-11(10)19/h6-7,16,21H,5H2,1-4H3. The number of ether oxygens (including phenoxy) is 2. The van der Waals surface area contributed by atoms with Gasteiger partial charge in [-0.2, -0.15) is 0 Å². The molecule has 0 fully saturated rings. The number of phenols is 1. The van der Waals surface area contributed by atoms with Gasteiger partial charge in [0.2, 0.25) is 0 Å². The molecule has 0 bridgehead atoms. The third-order valence-corrected chi connectivity index (χ3v) is 4.22. The number of hydrogen-bond acceptors (Lipinski definition) is 5. The predicted octanol–water partition coefficient (Wildman–Crippen LogP) is 3.14. The summed E-state index contributed by atoms with van der Waals surface area (Å²) in [6.07, 6.45) is 0.299. The van der Waals surface area contributed by atoms with Crippen LogP contribution in [-0.2, 0) is 19.1 Å². The maximum atomic E-state index is 14.5. The Bertz CT molecular complexity index is 770. The molecule has 25 heavy (non-hydrogen) atoms. The molecule has 5 nitrogen and oxygen atoms in total. The number of methoxy groups -OCH3 is 2. The van der Waals surface area contributed by atoms with Crippen molar-refractivity contribution in [2.45, 2.75) is 26.2 Å². The molecule has 1 aliphatic carbocycles. The highest BCUT2D eigenvalue weighted by molar-refractivity contribution is 6.00. The Morgan fingerprint density at radius 2 is 1.48 bits per heavy atom. The Morgan fingerprint density at radius 3 is 1.92 bits per heavy atom. The topological polar surface area (TPSA) is 72.8 Å². The van der Waals surface area contributed by atoms with Crippen LogP contribution in [0.3, 0.4) is 0 Å². The Labute approximate surface area is 143 Å². The van der Waals surface area contributed by atoms with Gasteiger partial charge in [0.1, 0.15) is 5.82 Å². The van der Waals surface area contributed by atoms with E-state index < -0.39 is 35.2 Å². The first-order chi connectivity index (χ1) is 11.7. The molecule has 0 atom stereocenters. The minimum atomic E-state index is -1.19. The number of aromatic hydroxyl groups is 1. The average molecular weight is 352 g/mol. The number of carbonyl (C=O) groups excluding carboxylic acids is 2. The Kier molecular flexibility index (Phi) is 5.25. The van der Waals surface area contributed by atoms with Gasteiger partial charge < -0.3 is 14.6 Å². The van der Waals surface area contributed by atoms with Gasteiger partial charge in [-0.05, 0) is 26.3 Å². The minimum Gasteiger partial charge on any atom is -0.505 e. The maximum Gasteiger partial charge on any atom is 0.334 e. The summed E-state index contributed by atoms with van der Waals surface area (Å²) in [4.78, 5) is 24.5. The number of benzene rings is 1. The zero-order valence-corrected chi connectivity index (χ0v) is 14.3. The number of allylic oxidation sites excluding steroid dienone is 2. The van der Waals surface area contributed by atoms with Crippen LogP contribution in [0.25, 0.3) is 0 Å². The van der Waals surface area contributed by atoms with E-state index in [4.69, 9.17) is 9.47 Å². The maximum absolute atomic E-state index is 14.5. The molecule has 2 rings (SSSR count). The van der Waals surface area contributed by atoms with E-state index in [0.717, 1.165) is 20.3 Å². The molecule has 0 amide bonds. The van der Waals surface area contributed by atoms with Crippen molar-refractivity contribution < 1.29 is 33.0 Å². The van der Waals surface area contributed by atoms with Gasteiger partial charge in [0.15, 0.2) is 11.6 Å². The summed E-state index contributed by atoms with van der Waals surface area (Å²) in [7, 11) is 2.33. The van der Waals surface area contributed by atoms with Crippen LogP contribution < -0.4 is 0 Å². The molecule has 134 valence electrons. The highest BCUT2D eigenvalue weighted by Gasteiger charge is 2.38. The predicted molar refractivity (Wildman–Crippen MR) is 84.8 cm³/mol. The van der Waals surface area contributed by atoms with Crippen LogP contribution in [-0.4, -0.2) is 31.3 Å². The van der Waals surface area contributed by atoms with Crippen LogP contribution in [0.15, 0.2) is 34.4 Å². The lowest BCUT2D eigenvalue weighted by atomic mass is 9.75. The average Bonchev–Trinajstić information content (AvgIpc) is 2.56. The Balaban J connectivity index is 2.80. The SMILES string of the molecule is COC(=O)C1=C(C)CC(C)=C(C(=O)OC)C1c1cc(F)c(O)cc1F. The summed E-state index contributed by atoms with van der Waals surface area (Å²) in [6, 6.07) is 1.38. The second-order valence-corrected chi connectivity index (χ2v) is 5.81. The highest BCUT2D eigenvalue weighted by atomic mass is 19.1. The van der Waals surface area contributed by atoms with Crippen LogP contribution in [0.4, 0.5) is 8.78 Å². The molecular weight excluding hydrogens is 334 g/mol. The second kappa shape index (κ2) is 7.04. The summed E-state index contributed by atoms with van der Waals surface area (Å²) in [5.41, 5.74) is 1.01. The fourth-order valence-corrected chi connectivity index (χ4v) is 3.11. The van der Waals surface area contributed by atoms with E-state index >= 15 is 0 Å². The van der Waals surface area contributed by atoms with Crippen molar-refractivity contribution in [3.8, 4) is 5.75 Å². The molecule has 0 saturated heterocycles. The van der Waals surface area contributed by atoms with E-state index in [2.05, 4.69) is 0 Å². The van der Waals surface area contributed by atoms with Crippen molar-refractivity contribution in [2.75, 3.05) is 14.2 Å². The number of rotatable bonds is 3. The molecule has 0 aliphatic heterocycles. The van der Waals surface area contributed by atoms with Gasteiger partial charge in [-0.15, -0.1) is 0 Å². The number of esters is 2. The molecule has 1 aromatic carbocycles. The molecule has 1 aliphatic rings. The Morgan fingerprint density at radius 1 is 1.00 bits per heavy atom. The largest absolute Gasteiger partial charge is 0.505 e. The lowest BCUT2D eigenvalue weighted by molar-refractivity contribution is -0.137. The fourth-order valence-electron chi connectivity index (χ4n) is 3.11. The first kappa shape index (κ1) is 18.6. The molecule has 7 heteroatoms. The van der Waals surface area contributed by atoms with Crippen LogP contribution in [0.2, 0.25) is 0 Å². The van der Waals surface area contributed by atoms with Crippen LogP contribution in [0.5, 0.6) is 5.75 Å². The van der Waals surface area contributed by atoms with Gasteiger partial charge >= 0.3 is 11.9 Å². The summed E-state index contributed by atoms with van der Waals surface area (Å²) in [5.74, 6) is -5.56. The molecule has 0 unspecified atom stereocenters. The summed E-state index contributed by atoms with van der Waals surface area (Å²) in [5, 5.41) is 9.35. The normalized spacial score (nSPS) is 15.4. The molecule has 1 N–H and O–H groups in total. The monoisotopic (exact) mass is 352 g/mol. The number of hydrogen-bond donors (Lipinski definition) is 1. The van der Waals surface area contributed by atoms with Crippen molar-refractivity contribution in [3.05, 3.63) is 51.6 Å². The van der Waals surface area contributed by atoms with Gasteiger partial charge in [0, 0.05) is 22.8 Å². The Hall–Kier alpha value is -2.70. The molecular formula is C18H18F2O5. The van der Waals surface area contributed by atoms with E-state index in [-0.39, 0.29) is 16.7 Å². The van der Waals surface area contributed by atoms with E-state index in [1.807, 2.05) is 0 Å². The van der Waals surface area contributed by atoms with Crippen molar-refractivity contribution in [1.82, 2.24) is 0 Å². The van der Waals surface area contributed by atoms with Crippen molar-refractivity contribution in [2.24, 2.45) is 0 Å². The third kappa shape index (κ3) is 3.26. The van der Waals surface area contributed by atoms with Gasteiger partial charge in [0.25, 0.3) is 0 Å². The first-order valence-corrected chi connectivity index (χ1v) is 7.46. The summed E-state index contributed by atoms with van der Waals surface area (Å²) >= 11 is 0. The quantitative estimate of drug-likeness (QED) is 0.846. The zero-order chi connectivity index (χ0) is 18.9. The lowest BCUT2D eigenvalue weighted by Gasteiger charge is -2.29. The molecule has 0 saturated carbocycles.